The second kappa shape index (κ2) is 12.3. The van der Waals surface area contributed by atoms with E-state index in [-0.39, 0.29) is 36.1 Å². The molecule has 0 fully saturated rings. The molecule has 2 amide bonds. The fraction of sp³-hybridized carbons (Fsp3) is 0.294. The number of amides is 2. The summed E-state index contributed by atoms with van der Waals surface area (Å²) in [4.78, 5) is 28.0. The van der Waals surface area contributed by atoms with Crippen molar-refractivity contribution < 1.29 is 23.5 Å². The Hall–Kier alpha value is -4.52. The van der Waals surface area contributed by atoms with Crippen LogP contribution in [0, 0.1) is 12.8 Å². The maximum absolute atomic E-state index is 13.3. The quantitative estimate of drug-likeness (QED) is 0.243. The predicted molar refractivity (Wildman–Crippen MR) is 158 cm³/mol. The maximum atomic E-state index is 13.3. The molecule has 1 unspecified atom stereocenters. The van der Waals surface area contributed by atoms with Gasteiger partial charge in [-0.3, -0.25) is 9.59 Å². The standard InChI is InChI=1S/C34H36N2O5/c1-22(2)19-32(37)36-18-17-24-9-12-28(20-30(24)33(36)25-7-5-23(3)6-8-25)40-21-29-15-16-31(41-29)34(38)35-26-10-13-27(39-4)14-11-26/h5-16,20,22,33H,17-19,21H2,1-4H3,(H,35,38). The van der Waals surface area contributed by atoms with Crippen molar-refractivity contribution in [2.75, 3.05) is 19.0 Å². The molecule has 0 saturated heterocycles. The molecule has 0 saturated carbocycles. The van der Waals surface area contributed by atoms with E-state index in [0.717, 1.165) is 17.5 Å². The number of ether oxygens (including phenoxy) is 2. The molecule has 1 N–H and O–H groups in total. The zero-order chi connectivity index (χ0) is 28.9. The molecule has 7 heteroatoms. The molecule has 41 heavy (non-hydrogen) atoms. The maximum Gasteiger partial charge on any atom is 0.291 e. The number of nitrogens with zero attached hydrogens (tertiary/aromatic N) is 1. The molecule has 0 radical (unpaired) electrons. The first-order valence-corrected chi connectivity index (χ1v) is 14.0. The average molecular weight is 553 g/mol. The van der Waals surface area contributed by atoms with Crippen LogP contribution in [0.2, 0.25) is 0 Å². The Morgan fingerprint density at radius 1 is 0.976 bits per heavy atom. The third kappa shape index (κ3) is 6.62. The van der Waals surface area contributed by atoms with Crippen molar-refractivity contribution in [1.82, 2.24) is 4.90 Å². The van der Waals surface area contributed by atoms with E-state index >= 15 is 0 Å². The lowest BCUT2D eigenvalue weighted by atomic mass is 9.87. The van der Waals surface area contributed by atoms with Crippen LogP contribution in [0.4, 0.5) is 5.69 Å². The molecule has 7 nitrogen and oxygen atoms in total. The van der Waals surface area contributed by atoms with E-state index < -0.39 is 0 Å². The highest BCUT2D eigenvalue weighted by Gasteiger charge is 2.32. The lowest BCUT2D eigenvalue weighted by Crippen LogP contribution is -2.41. The van der Waals surface area contributed by atoms with Crippen LogP contribution in [0.1, 0.15) is 64.9 Å². The number of carbonyl (C=O) groups excluding carboxylic acids is 2. The first kappa shape index (κ1) is 28.0. The van der Waals surface area contributed by atoms with Crippen molar-refractivity contribution in [3.05, 3.63) is 113 Å². The second-order valence-electron chi connectivity index (χ2n) is 10.8. The number of methoxy groups -OCH3 is 1. The Bertz CT molecular complexity index is 1510. The van der Waals surface area contributed by atoms with Gasteiger partial charge in [0.05, 0.1) is 13.2 Å². The van der Waals surface area contributed by atoms with Crippen LogP contribution >= 0.6 is 0 Å². The molecule has 0 aliphatic carbocycles. The van der Waals surface area contributed by atoms with Crippen LogP contribution in [-0.2, 0) is 17.8 Å². The second-order valence-corrected chi connectivity index (χ2v) is 10.8. The van der Waals surface area contributed by atoms with Crippen LogP contribution in [0.25, 0.3) is 0 Å². The number of benzene rings is 3. The molecular formula is C34H36N2O5. The highest BCUT2D eigenvalue weighted by molar-refractivity contribution is 6.02. The number of fused-ring (bicyclic) bond motifs is 1. The van der Waals surface area contributed by atoms with E-state index in [9.17, 15) is 9.59 Å². The lowest BCUT2D eigenvalue weighted by molar-refractivity contribution is -0.134. The fourth-order valence-corrected chi connectivity index (χ4v) is 5.13. The molecule has 0 bridgehead atoms. The van der Waals surface area contributed by atoms with Crippen LogP contribution < -0.4 is 14.8 Å². The van der Waals surface area contributed by atoms with Gasteiger partial charge < -0.3 is 24.1 Å². The van der Waals surface area contributed by atoms with Gasteiger partial charge in [-0.15, -0.1) is 0 Å². The summed E-state index contributed by atoms with van der Waals surface area (Å²) >= 11 is 0. The van der Waals surface area contributed by atoms with Crippen molar-refractivity contribution in [2.45, 2.75) is 46.3 Å². The van der Waals surface area contributed by atoms with Crippen molar-refractivity contribution in [3.63, 3.8) is 0 Å². The Morgan fingerprint density at radius 2 is 1.71 bits per heavy atom. The summed E-state index contributed by atoms with van der Waals surface area (Å²) < 4.78 is 17.0. The third-order valence-corrected chi connectivity index (χ3v) is 7.26. The van der Waals surface area contributed by atoms with Crippen molar-refractivity contribution in [3.8, 4) is 11.5 Å². The Kier molecular flexibility index (Phi) is 8.43. The van der Waals surface area contributed by atoms with Crippen LogP contribution in [-0.4, -0.2) is 30.4 Å². The third-order valence-electron chi connectivity index (χ3n) is 7.26. The summed E-state index contributed by atoms with van der Waals surface area (Å²) in [6, 6.07) is 24.8. The first-order chi connectivity index (χ1) is 19.8. The van der Waals surface area contributed by atoms with Crippen molar-refractivity contribution >= 4 is 17.5 Å². The summed E-state index contributed by atoms with van der Waals surface area (Å²) in [5.74, 6) is 2.23. The molecular weight excluding hydrogens is 516 g/mol. The number of nitrogens with one attached hydrogen (secondary N) is 1. The van der Waals surface area contributed by atoms with Crippen LogP contribution in [0.5, 0.6) is 11.5 Å². The largest absolute Gasteiger partial charge is 0.497 e. The summed E-state index contributed by atoms with van der Waals surface area (Å²) in [6.45, 7) is 7.07. The first-order valence-electron chi connectivity index (χ1n) is 14.0. The highest BCUT2D eigenvalue weighted by atomic mass is 16.5. The monoisotopic (exact) mass is 552 g/mol. The average Bonchev–Trinajstić information content (AvgIpc) is 3.45. The number of anilines is 1. The predicted octanol–water partition coefficient (Wildman–Crippen LogP) is 6.95. The Labute approximate surface area is 241 Å². The van der Waals surface area contributed by atoms with Gasteiger partial charge in [-0.1, -0.05) is 49.7 Å². The molecule has 2 heterocycles. The van der Waals surface area contributed by atoms with Crippen molar-refractivity contribution in [2.24, 2.45) is 5.92 Å². The summed E-state index contributed by atoms with van der Waals surface area (Å²) in [6.07, 6.45) is 1.31. The van der Waals surface area contributed by atoms with E-state index in [1.165, 1.54) is 11.1 Å². The van der Waals surface area contributed by atoms with Gasteiger partial charge in [-0.25, -0.2) is 0 Å². The Balaban J connectivity index is 1.31. The van der Waals surface area contributed by atoms with Gasteiger partial charge in [0.1, 0.15) is 23.9 Å². The molecule has 1 aromatic heterocycles. The van der Waals surface area contributed by atoms with E-state index in [1.54, 1.807) is 43.5 Å². The van der Waals surface area contributed by atoms with E-state index in [1.807, 2.05) is 17.0 Å². The molecule has 212 valence electrons. The zero-order valence-corrected chi connectivity index (χ0v) is 24.0. The Morgan fingerprint density at radius 3 is 2.41 bits per heavy atom. The molecule has 5 rings (SSSR count). The molecule has 0 spiro atoms. The highest BCUT2D eigenvalue weighted by Crippen LogP contribution is 2.38. The zero-order valence-electron chi connectivity index (χ0n) is 24.0. The molecule has 1 aliphatic rings. The van der Waals surface area contributed by atoms with E-state index in [4.69, 9.17) is 13.9 Å². The van der Waals surface area contributed by atoms with Gasteiger partial charge in [0.15, 0.2) is 5.76 Å². The van der Waals surface area contributed by atoms with Gasteiger partial charge in [0.25, 0.3) is 5.91 Å². The smallest absolute Gasteiger partial charge is 0.291 e. The summed E-state index contributed by atoms with van der Waals surface area (Å²) in [5, 5.41) is 2.82. The number of aryl methyl sites for hydroxylation is 1. The number of rotatable bonds is 9. The minimum atomic E-state index is -0.345. The topological polar surface area (TPSA) is 81.0 Å². The van der Waals surface area contributed by atoms with Gasteiger partial charge in [0.2, 0.25) is 5.91 Å². The van der Waals surface area contributed by atoms with Gasteiger partial charge in [0, 0.05) is 18.7 Å². The fourth-order valence-electron chi connectivity index (χ4n) is 5.13. The normalized spacial score (nSPS) is 14.5. The van der Waals surface area contributed by atoms with Crippen LogP contribution in [0.3, 0.4) is 0 Å². The number of hydrogen-bond acceptors (Lipinski definition) is 5. The lowest BCUT2D eigenvalue weighted by Gasteiger charge is -2.38. The summed E-state index contributed by atoms with van der Waals surface area (Å²) in [5.41, 5.74) is 5.20. The van der Waals surface area contributed by atoms with Crippen molar-refractivity contribution in [1.29, 1.82) is 0 Å². The van der Waals surface area contributed by atoms with E-state index in [2.05, 4.69) is 56.4 Å². The number of hydrogen-bond donors (Lipinski definition) is 1. The van der Waals surface area contributed by atoms with Gasteiger partial charge in [-0.2, -0.15) is 0 Å². The van der Waals surface area contributed by atoms with Crippen LogP contribution in [0.15, 0.2) is 83.3 Å². The minimum Gasteiger partial charge on any atom is -0.497 e. The van der Waals surface area contributed by atoms with Gasteiger partial charge >= 0.3 is 0 Å². The number of carbonyl (C=O) groups is 2. The van der Waals surface area contributed by atoms with Gasteiger partial charge in [-0.05, 0) is 84.5 Å². The van der Waals surface area contributed by atoms with E-state index in [0.29, 0.717) is 35.9 Å². The molecule has 4 aromatic rings. The minimum absolute atomic E-state index is 0.165. The summed E-state index contributed by atoms with van der Waals surface area (Å²) in [7, 11) is 1.59. The SMILES string of the molecule is COc1ccc(NC(=O)c2ccc(COc3ccc4c(c3)C(c3ccc(C)cc3)N(C(=O)CC(C)C)CC4)o2)cc1. The number of furan rings is 1. The molecule has 3 aromatic carbocycles. The molecule has 1 atom stereocenters. The molecule has 1 aliphatic heterocycles.